The molecule has 0 aromatic heterocycles. The number of hydrogen-bond donors (Lipinski definition) is 2. The van der Waals surface area contributed by atoms with Crippen molar-refractivity contribution < 1.29 is 27.8 Å². The lowest BCUT2D eigenvalue weighted by Crippen LogP contribution is -2.14. The first-order valence-electron chi connectivity index (χ1n) is 6.28. The summed E-state index contributed by atoms with van der Waals surface area (Å²) in [6.45, 7) is 0. The van der Waals surface area contributed by atoms with Gasteiger partial charge in [-0.15, -0.1) is 0 Å². The first kappa shape index (κ1) is 17.0. The maximum absolute atomic E-state index is 12.7. The van der Waals surface area contributed by atoms with Gasteiger partial charge in [-0.3, -0.25) is 4.79 Å². The molecule has 0 aliphatic rings. The molecule has 122 valence electrons. The molecule has 1 amide bonds. The van der Waals surface area contributed by atoms with Gasteiger partial charge in [0.15, 0.2) is 11.5 Å². The van der Waals surface area contributed by atoms with Gasteiger partial charge in [-0.25, -0.2) is 0 Å². The number of halogens is 4. The van der Waals surface area contributed by atoms with Crippen molar-refractivity contribution in [2.24, 2.45) is 0 Å². The predicted molar refractivity (Wildman–Crippen MR) is 79.1 cm³/mol. The van der Waals surface area contributed by atoms with Crippen LogP contribution in [-0.4, -0.2) is 18.1 Å². The molecule has 0 radical (unpaired) electrons. The first-order chi connectivity index (χ1) is 10.7. The van der Waals surface area contributed by atoms with Crippen molar-refractivity contribution in [3.63, 3.8) is 0 Å². The summed E-state index contributed by atoms with van der Waals surface area (Å²) in [4.78, 5) is 12.1. The highest BCUT2D eigenvalue weighted by molar-refractivity contribution is 6.34. The molecule has 0 saturated heterocycles. The second-order valence-corrected chi connectivity index (χ2v) is 4.91. The van der Waals surface area contributed by atoms with E-state index in [0.717, 1.165) is 18.2 Å². The second-order valence-electron chi connectivity index (χ2n) is 4.50. The van der Waals surface area contributed by atoms with E-state index in [0.29, 0.717) is 0 Å². The smallest absolute Gasteiger partial charge is 0.416 e. The molecule has 4 nitrogen and oxygen atoms in total. The summed E-state index contributed by atoms with van der Waals surface area (Å²) in [7, 11) is 1.31. The molecular weight excluding hydrogens is 335 g/mol. The first-order valence-corrected chi connectivity index (χ1v) is 6.66. The van der Waals surface area contributed by atoms with Crippen LogP contribution in [-0.2, 0) is 6.18 Å². The van der Waals surface area contributed by atoms with Crippen LogP contribution in [0.1, 0.15) is 15.9 Å². The molecule has 0 atom stereocenters. The van der Waals surface area contributed by atoms with Crippen molar-refractivity contribution in [2.75, 3.05) is 12.4 Å². The maximum atomic E-state index is 12.7. The fourth-order valence-electron chi connectivity index (χ4n) is 1.86. The van der Waals surface area contributed by atoms with Gasteiger partial charge in [0.2, 0.25) is 0 Å². The summed E-state index contributed by atoms with van der Waals surface area (Å²) in [6, 6.07) is 6.75. The number of anilines is 1. The Bertz CT molecular complexity index is 747. The van der Waals surface area contributed by atoms with E-state index in [-0.39, 0.29) is 22.0 Å². The van der Waals surface area contributed by atoms with Crippen LogP contribution in [0.5, 0.6) is 11.5 Å². The number of phenolic OH excluding ortho intramolecular Hbond substituents is 1. The Morgan fingerprint density at radius 3 is 2.57 bits per heavy atom. The topological polar surface area (TPSA) is 58.6 Å². The highest BCUT2D eigenvalue weighted by Crippen LogP contribution is 2.35. The van der Waals surface area contributed by atoms with Crippen molar-refractivity contribution >= 4 is 23.2 Å². The molecule has 2 rings (SSSR count). The fraction of sp³-hybridized carbons (Fsp3) is 0.133. The van der Waals surface area contributed by atoms with Crippen LogP contribution in [0.3, 0.4) is 0 Å². The Balaban J connectivity index is 2.34. The summed E-state index contributed by atoms with van der Waals surface area (Å²) in [6.07, 6.45) is -4.57. The predicted octanol–water partition coefficient (Wildman–Crippen LogP) is 4.33. The van der Waals surface area contributed by atoms with Gasteiger partial charge < -0.3 is 15.2 Å². The van der Waals surface area contributed by atoms with Crippen LogP contribution >= 0.6 is 11.6 Å². The van der Waals surface area contributed by atoms with Gasteiger partial charge in [-0.1, -0.05) is 17.7 Å². The fourth-order valence-corrected chi connectivity index (χ4v) is 2.02. The van der Waals surface area contributed by atoms with E-state index in [1.807, 2.05) is 0 Å². The Labute approximate surface area is 134 Å². The summed E-state index contributed by atoms with van der Waals surface area (Å²) in [5.41, 5.74) is -1.32. The minimum atomic E-state index is -4.57. The Hall–Kier alpha value is -2.41. The minimum absolute atomic E-state index is 0.0614. The van der Waals surface area contributed by atoms with Crippen LogP contribution < -0.4 is 10.1 Å². The molecule has 0 bridgehead atoms. The molecule has 0 heterocycles. The zero-order chi connectivity index (χ0) is 17.2. The molecule has 0 spiro atoms. The molecule has 0 aliphatic heterocycles. The lowest BCUT2D eigenvalue weighted by atomic mass is 10.1. The van der Waals surface area contributed by atoms with Crippen molar-refractivity contribution in [1.82, 2.24) is 0 Å². The SMILES string of the molecule is COc1cccc(C(=O)Nc2cc(C(F)(F)F)ccc2Cl)c1O. The normalized spacial score (nSPS) is 11.2. The molecule has 0 unspecified atom stereocenters. The van der Waals surface area contributed by atoms with E-state index in [1.54, 1.807) is 0 Å². The highest BCUT2D eigenvalue weighted by atomic mass is 35.5. The highest BCUT2D eigenvalue weighted by Gasteiger charge is 2.31. The number of nitrogens with one attached hydrogen (secondary N) is 1. The molecular formula is C15H11ClF3NO3. The second kappa shape index (κ2) is 6.37. The van der Waals surface area contributed by atoms with Crippen LogP contribution in [0.2, 0.25) is 5.02 Å². The molecule has 0 fully saturated rings. The summed E-state index contributed by atoms with van der Waals surface area (Å²) < 4.78 is 43.0. The van der Waals surface area contributed by atoms with Crippen molar-refractivity contribution in [3.8, 4) is 11.5 Å². The number of benzene rings is 2. The monoisotopic (exact) mass is 345 g/mol. The van der Waals surface area contributed by atoms with E-state index in [1.165, 1.54) is 25.3 Å². The number of para-hydroxylation sites is 1. The molecule has 2 aromatic carbocycles. The number of hydrogen-bond acceptors (Lipinski definition) is 3. The molecule has 23 heavy (non-hydrogen) atoms. The van der Waals surface area contributed by atoms with Gasteiger partial charge in [-0.05, 0) is 30.3 Å². The lowest BCUT2D eigenvalue weighted by Gasteiger charge is -2.13. The van der Waals surface area contributed by atoms with Gasteiger partial charge in [0.05, 0.1) is 28.9 Å². The van der Waals surface area contributed by atoms with Crippen LogP contribution in [0, 0.1) is 0 Å². The Morgan fingerprint density at radius 1 is 1.26 bits per heavy atom. The van der Waals surface area contributed by atoms with E-state index < -0.39 is 23.4 Å². The molecule has 2 N–H and O–H groups in total. The number of rotatable bonds is 3. The number of aromatic hydroxyl groups is 1. The van der Waals surface area contributed by atoms with Gasteiger partial charge in [0, 0.05) is 0 Å². The third-order valence-corrected chi connectivity index (χ3v) is 3.34. The number of alkyl halides is 3. The lowest BCUT2D eigenvalue weighted by molar-refractivity contribution is -0.137. The summed E-state index contributed by atoms with van der Waals surface area (Å²) >= 11 is 5.81. The van der Waals surface area contributed by atoms with Crippen LogP contribution in [0.25, 0.3) is 0 Å². The molecule has 8 heteroatoms. The van der Waals surface area contributed by atoms with Crippen molar-refractivity contribution in [1.29, 1.82) is 0 Å². The zero-order valence-corrected chi connectivity index (χ0v) is 12.5. The Kier molecular flexibility index (Phi) is 4.70. The number of phenols is 1. The average Bonchev–Trinajstić information content (AvgIpc) is 2.48. The van der Waals surface area contributed by atoms with Crippen molar-refractivity contribution in [3.05, 3.63) is 52.5 Å². The van der Waals surface area contributed by atoms with E-state index >= 15 is 0 Å². The van der Waals surface area contributed by atoms with E-state index in [2.05, 4.69) is 5.32 Å². The molecule has 2 aromatic rings. The number of carbonyl (C=O) groups excluding carboxylic acids is 1. The van der Waals surface area contributed by atoms with Gasteiger partial charge in [0.1, 0.15) is 0 Å². The quantitative estimate of drug-likeness (QED) is 0.870. The Morgan fingerprint density at radius 2 is 1.96 bits per heavy atom. The minimum Gasteiger partial charge on any atom is -0.504 e. The van der Waals surface area contributed by atoms with Gasteiger partial charge in [0.25, 0.3) is 5.91 Å². The number of methoxy groups -OCH3 is 1. The van der Waals surface area contributed by atoms with Crippen molar-refractivity contribution in [2.45, 2.75) is 6.18 Å². The summed E-state index contributed by atoms with van der Waals surface area (Å²) in [5.74, 6) is -1.17. The molecule has 0 aliphatic carbocycles. The van der Waals surface area contributed by atoms with E-state index in [9.17, 15) is 23.1 Å². The largest absolute Gasteiger partial charge is 0.504 e. The average molecular weight is 346 g/mol. The number of carbonyl (C=O) groups is 1. The number of ether oxygens (including phenoxy) is 1. The third kappa shape index (κ3) is 3.68. The maximum Gasteiger partial charge on any atom is 0.416 e. The summed E-state index contributed by atoms with van der Waals surface area (Å²) in [5, 5.41) is 12.1. The number of amides is 1. The third-order valence-electron chi connectivity index (χ3n) is 3.01. The van der Waals surface area contributed by atoms with E-state index in [4.69, 9.17) is 16.3 Å². The molecule has 0 saturated carbocycles. The van der Waals surface area contributed by atoms with Crippen LogP contribution in [0.4, 0.5) is 18.9 Å². The van der Waals surface area contributed by atoms with Crippen LogP contribution in [0.15, 0.2) is 36.4 Å². The zero-order valence-electron chi connectivity index (χ0n) is 11.7. The van der Waals surface area contributed by atoms with Gasteiger partial charge >= 0.3 is 6.18 Å². The van der Waals surface area contributed by atoms with Gasteiger partial charge in [-0.2, -0.15) is 13.2 Å². The standard InChI is InChI=1S/C15H11ClF3NO3/c1-23-12-4-2-3-9(13(12)21)14(22)20-11-7-8(15(17,18)19)5-6-10(11)16/h2-7,21H,1H3,(H,20,22).